The van der Waals surface area contributed by atoms with Crippen molar-refractivity contribution >= 4 is 5.91 Å². The van der Waals surface area contributed by atoms with E-state index in [0.717, 1.165) is 22.4 Å². The highest BCUT2D eigenvalue weighted by molar-refractivity contribution is 5.77. The van der Waals surface area contributed by atoms with Crippen molar-refractivity contribution in [1.29, 1.82) is 0 Å². The zero-order valence-corrected chi connectivity index (χ0v) is 15.8. The fraction of sp³-hybridized carbons (Fsp3) is 0.286. The van der Waals surface area contributed by atoms with Gasteiger partial charge in [-0.3, -0.25) is 4.79 Å². The topological polar surface area (TPSA) is 68.5 Å². The molecule has 3 aromatic rings. The second kappa shape index (κ2) is 8.49. The summed E-state index contributed by atoms with van der Waals surface area (Å²) in [7, 11) is 0. The highest BCUT2D eigenvalue weighted by atomic mass is 16.5. The summed E-state index contributed by atoms with van der Waals surface area (Å²) in [6.45, 7) is 6.66. The van der Waals surface area contributed by atoms with Gasteiger partial charge in [0.2, 0.25) is 11.7 Å². The molecule has 3 rings (SSSR count). The largest absolute Gasteiger partial charge is 0.483 e. The number of hydrogen-bond donors (Lipinski definition) is 0. The van der Waals surface area contributed by atoms with Crippen LogP contribution in [0.15, 0.2) is 53.1 Å². The van der Waals surface area contributed by atoms with Crippen LogP contribution in [0.4, 0.5) is 0 Å². The molecule has 0 saturated heterocycles. The number of carbonyl (C=O) groups excluding carboxylic acids is 1. The van der Waals surface area contributed by atoms with Crippen molar-refractivity contribution in [2.45, 2.75) is 27.3 Å². The van der Waals surface area contributed by atoms with E-state index >= 15 is 0 Å². The number of aryl methyl sites for hydroxylation is 1. The van der Waals surface area contributed by atoms with Crippen molar-refractivity contribution in [2.24, 2.45) is 0 Å². The Bertz CT molecular complexity index is 906. The Morgan fingerprint density at radius 3 is 2.63 bits per heavy atom. The molecular weight excluding hydrogens is 342 g/mol. The van der Waals surface area contributed by atoms with Crippen LogP contribution in [0, 0.1) is 13.8 Å². The van der Waals surface area contributed by atoms with E-state index in [1.807, 2.05) is 69.3 Å². The Labute approximate surface area is 158 Å². The summed E-state index contributed by atoms with van der Waals surface area (Å²) in [5.74, 6) is 1.51. The van der Waals surface area contributed by atoms with Gasteiger partial charge in [0, 0.05) is 12.1 Å². The van der Waals surface area contributed by atoms with Crippen LogP contribution in [0.25, 0.3) is 11.4 Å². The lowest BCUT2D eigenvalue weighted by molar-refractivity contribution is -0.134. The van der Waals surface area contributed by atoms with Gasteiger partial charge in [-0.05, 0) is 38.0 Å². The van der Waals surface area contributed by atoms with E-state index in [1.54, 1.807) is 4.90 Å². The number of hydrogen-bond acceptors (Lipinski definition) is 5. The quantitative estimate of drug-likeness (QED) is 0.637. The molecule has 0 unspecified atom stereocenters. The van der Waals surface area contributed by atoms with Gasteiger partial charge in [-0.15, -0.1) is 0 Å². The van der Waals surface area contributed by atoms with Crippen molar-refractivity contribution < 1.29 is 14.1 Å². The molecule has 1 aromatic heterocycles. The molecule has 0 aliphatic carbocycles. The van der Waals surface area contributed by atoms with Crippen molar-refractivity contribution in [3.63, 3.8) is 0 Å². The molecular formula is C21H23N3O3. The van der Waals surface area contributed by atoms with Gasteiger partial charge in [0.1, 0.15) is 12.3 Å². The fourth-order valence-electron chi connectivity index (χ4n) is 2.67. The number of ether oxygens (including phenoxy) is 1. The molecule has 6 nitrogen and oxygen atoms in total. The number of likely N-dealkylation sites (N-methyl/N-ethyl adjacent to an activating group) is 1. The first-order chi connectivity index (χ1) is 13.1. The third kappa shape index (κ3) is 4.53. The first-order valence-electron chi connectivity index (χ1n) is 8.93. The van der Waals surface area contributed by atoms with Gasteiger partial charge in [0.25, 0.3) is 5.91 Å². The van der Waals surface area contributed by atoms with E-state index in [1.165, 1.54) is 0 Å². The Morgan fingerprint density at radius 1 is 1.11 bits per heavy atom. The molecule has 1 heterocycles. The van der Waals surface area contributed by atoms with Gasteiger partial charge in [-0.1, -0.05) is 47.6 Å². The molecule has 0 radical (unpaired) electrons. The normalized spacial score (nSPS) is 10.6. The maximum Gasteiger partial charge on any atom is 0.260 e. The van der Waals surface area contributed by atoms with Gasteiger partial charge in [0.05, 0.1) is 0 Å². The van der Waals surface area contributed by atoms with Crippen LogP contribution in [-0.4, -0.2) is 34.1 Å². The smallest absolute Gasteiger partial charge is 0.260 e. The lowest BCUT2D eigenvalue weighted by atomic mass is 10.1. The predicted molar refractivity (Wildman–Crippen MR) is 102 cm³/mol. The van der Waals surface area contributed by atoms with Crippen LogP contribution in [0.1, 0.15) is 23.9 Å². The average molecular weight is 365 g/mol. The lowest BCUT2D eigenvalue weighted by Gasteiger charge is -2.19. The van der Waals surface area contributed by atoms with Gasteiger partial charge in [-0.2, -0.15) is 4.98 Å². The van der Waals surface area contributed by atoms with E-state index in [9.17, 15) is 4.79 Å². The Kier molecular flexibility index (Phi) is 5.86. The van der Waals surface area contributed by atoms with Crippen LogP contribution in [0.3, 0.4) is 0 Å². The molecule has 0 bridgehead atoms. The minimum absolute atomic E-state index is 0.0299. The van der Waals surface area contributed by atoms with E-state index < -0.39 is 0 Å². The van der Waals surface area contributed by atoms with E-state index in [-0.39, 0.29) is 19.1 Å². The number of amides is 1. The van der Waals surface area contributed by atoms with Crippen LogP contribution in [0.2, 0.25) is 0 Å². The molecule has 2 aromatic carbocycles. The minimum atomic E-state index is -0.127. The molecule has 140 valence electrons. The summed E-state index contributed by atoms with van der Waals surface area (Å²) in [4.78, 5) is 18.6. The summed E-state index contributed by atoms with van der Waals surface area (Å²) < 4.78 is 11.0. The third-order valence-corrected chi connectivity index (χ3v) is 4.47. The minimum Gasteiger partial charge on any atom is -0.483 e. The molecule has 0 aliphatic heterocycles. The molecule has 0 aliphatic rings. The summed E-state index contributed by atoms with van der Waals surface area (Å²) in [6.07, 6.45) is 0. The molecule has 0 saturated carbocycles. The van der Waals surface area contributed by atoms with Gasteiger partial charge < -0.3 is 14.2 Å². The lowest BCUT2D eigenvalue weighted by Crippen LogP contribution is -2.34. The molecule has 0 spiro atoms. The second-order valence-electron chi connectivity index (χ2n) is 6.27. The molecule has 1 amide bonds. The zero-order valence-electron chi connectivity index (χ0n) is 15.8. The summed E-state index contributed by atoms with van der Waals surface area (Å²) in [6, 6.07) is 15.4. The fourth-order valence-corrected chi connectivity index (χ4v) is 2.67. The van der Waals surface area contributed by atoms with Gasteiger partial charge in [0.15, 0.2) is 6.61 Å². The monoisotopic (exact) mass is 365 g/mol. The van der Waals surface area contributed by atoms with Crippen molar-refractivity contribution in [2.75, 3.05) is 13.2 Å². The Balaban J connectivity index is 1.62. The highest BCUT2D eigenvalue weighted by Gasteiger charge is 2.17. The molecule has 0 fully saturated rings. The zero-order chi connectivity index (χ0) is 19.2. The molecule has 0 N–H and O–H groups in total. The Morgan fingerprint density at radius 2 is 1.89 bits per heavy atom. The Hall–Kier alpha value is -3.15. The van der Waals surface area contributed by atoms with Crippen LogP contribution in [-0.2, 0) is 11.3 Å². The first kappa shape index (κ1) is 18.6. The van der Waals surface area contributed by atoms with E-state index in [4.69, 9.17) is 9.26 Å². The standard InChI is InChI=1S/C21H23N3O3/c1-4-24(20(25)14-26-18-12-8-9-15(2)16(18)3)13-19-22-21(23-27-19)17-10-6-5-7-11-17/h5-12H,4,13-14H2,1-3H3. The molecule has 0 atom stereocenters. The molecule has 6 heteroatoms. The van der Waals surface area contributed by atoms with E-state index in [2.05, 4.69) is 10.1 Å². The summed E-state index contributed by atoms with van der Waals surface area (Å²) in [5.41, 5.74) is 3.05. The van der Waals surface area contributed by atoms with Gasteiger partial charge >= 0.3 is 0 Å². The first-order valence-corrected chi connectivity index (χ1v) is 8.93. The highest BCUT2D eigenvalue weighted by Crippen LogP contribution is 2.21. The van der Waals surface area contributed by atoms with Crippen molar-refractivity contribution in [3.05, 3.63) is 65.5 Å². The maximum atomic E-state index is 12.5. The summed E-state index contributed by atoms with van der Waals surface area (Å²) >= 11 is 0. The number of nitrogens with zero attached hydrogens (tertiary/aromatic N) is 3. The number of rotatable bonds is 7. The predicted octanol–water partition coefficient (Wildman–Crippen LogP) is 3.78. The van der Waals surface area contributed by atoms with Crippen molar-refractivity contribution in [1.82, 2.24) is 15.0 Å². The maximum absolute atomic E-state index is 12.5. The summed E-state index contributed by atoms with van der Waals surface area (Å²) in [5, 5.41) is 3.99. The van der Waals surface area contributed by atoms with Crippen LogP contribution < -0.4 is 4.74 Å². The van der Waals surface area contributed by atoms with Crippen LogP contribution >= 0.6 is 0 Å². The number of benzene rings is 2. The second-order valence-corrected chi connectivity index (χ2v) is 6.27. The third-order valence-electron chi connectivity index (χ3n) is 4.47. The van der Waals surface area contributed by atoms with E-state index in [0.29, 0.717) is 18.3 Å². The van der Waals surface area contributed by atoms with Crippen LogP contribution in [0.5, 0.6) is 5.75 Å². The number of carbonyl (C=O) groups is 1. The number of aromatic nitrogens is 2. The molecule has 27 heavy (non-hydrogen) atoms. The van der Waals surface area contributed by atoms with Crippen molar-refractivity contribution in [3.8, 4) is 17.1 Å². The average Bonchev–Trinajstić information content (AvgIpc) is 3.16. The van der Waals surface area contributed by atoms with Gasteiger partial charge in [-0.25, -0.2) is 0 Å². The SMILES string of the molecule is CCN(Cc1nc(-c2ccccc2)no1)C(=O)COc1cccc(C)c1C.